The van der Waals surface area contributed by atoms with Gasteiger partial charge in [0.15, 0.2) is 0 Å². The maximum absolute atomic E-state index is 13.0. The van der Waals surface area contributed by atoms with E-state index in [0.29, 0.717) is 59.0 Å². The summed E-state index contributed by atoms with van der Waals surface area (Å²) in [4.78, 5) is 90.6. The van der Waals surface area contributed by atoms with E-state index in [1.54, 1.807) is 43.5 Å². The van der Waals surface area contributed by atoms with Gasteiger partial charge in [-0.3, -0.25) is 19.2 Å². The zero-order chi connectivity index (χ0) is 54.1. The zero-order valence-electron chi connectivity index (χ0n) is 42.3. The van der Waals surface area contributed by atoms with Crippen molar-refractivity contribution in [2.75, 3.05) is 80.7 Å². The minimum Gasteiger partial charge on any atom is -0.465 e. The van der Waals surface area contributed by atoms with Gasteiger partial charge in [0.25, 0.3) is 23.6 Å². The predicted molar refractivity (Wildman–Crippen MR) is 289 cm³/mol. The van der Waals surface area contributed by atoms with E-state index in [1.807, 2.05) is 121 Å². The number of imide groups is 1. The molecule has 6 aromatic carbocycles. The molecule has 2 N–H and O–H groups in total. The molecule has 4 amide bonds. The van der Waals surface area contributed by atoms with Gasteiger partial charge in [0, 0.05) is 54.8 Å². The molecule has 0 atom stereocenters. The van der Waals surface area contributed by atoms with Crippen LogP contribution in [0.25, 0.3) is 0 Å². The first-order chi connectivity index (χ1) is 37.0. The Bertz CT molecular complexity index is 2790. The summed E-state index contributed by atoms with van der Waals surface area (Å²) in [6.45, 7) is 1.90. The summed E-state index contributed by atoms with van der Waals surface area (Å²) in [7, 11) is 2.04. The number of esters is 2. The SMILES string of the molecule is COC(=O)c1ccc(C(=O)NCCOCCOCC(=O)ON2C(=O)CCC2=O)cc1P(c1ccccc1)c1ccccc1.COCCOCCNC(=O)c1ccc(C(=O)OC)c(P(c2ccccc2)c2ccccc2)c1. The van der Waals surface area contributed by atoms with E-state index >= 15 is 0 Å². The summed E-state index contributed by atoms with van der Waals surface area (Å²) >= 11 is 0. The fourth-order valence-corrected chi connectivity index (χ4v) is 12.5. The lowest BCUT2D eigenvalue weighted by molar-refractivity contribution is -0.200. The number of rotatable bonds is 25. The molecule has 1 aliphatic rings. The van der Waals surface area contributed by atoms with Crippen molar-refractivity contribution in [1.82, 2.24) is 15.7 Å². The zero-order valence-corrected chi connectivity index (χ0v) is 44.1. The van der Waals surface area contributed by atoms with Gasteiger partial charge in [-0.15, -0.1) is 5.06 Å². The van der Waals surface area contributed by atoms with Crippen molar-refractivity contribution in [3.05, 3.63) is 180 Å². The van der Waals surface area contributed by atoms with Gasteiger partial charge in [-0.1, -0.05) is 121 Å². The van der Waals surface area contributed by atoms with E-state index in [-0.39, 0.29) is 51.0 Å². The van der Waals surface area contributed by atoms with Crippen LogP contribution in [0.3, 0.4) is 0 Å². The maximum Gasteiger partial charge on any atom is 0.358 e. The van der Waals surface area contributed by atoms with Crippen LogP contribution in [0.2, 0.25) is 0 Å². The molecular formula is C57H59N3O14P2. The summed E-state index contributed by atoms with van der Waals surface area (Å²) in [5.41, 5.74) is 1.72. The van der Waals surface area contributed by atoms with E-state index in [9.17, 15) is 33.6 Å². The fraction of sp³-hybridized carbons (Fsp3) is 0.246. The first-order valence-electron chi connectivity index (χ1n) is 24.1. The van der Waals surface area contributed by atoms with Gasteiger partial charge in [-0.25, -0.2) is 14.4 Å². The Morgan fingerprint density at radius 1 is 0.474 bits per heavy atom. The number of carbonyl (C=O) groups is 7. The second-order valence-electron chi connectivity index (χ2n) is 16.3. The molecule has 7 rings (SSSR count). The molecule has 0 radical (unpaired) electrons. The molecule has 1 aliphatic heterocycles. The number of hydrogen-bond donors (Lipinski definition) is 2. The molecule has 0 saturated carbocycles. The number of hydrogen-bond acceptors (Lipinski definition) is 14. The van der Waals surface area contributed by atoms with Crippen LogP contribution in [0.15, 0.2) is 158 Å². The van der Waals surface area contributed by atoms with Gasteiger partial charge in [0.05, 0.1) is 65.0 Å². The summed E-state index contributed by atoms with van der Waals surface area (Å²) < 4.78 is 31.1. The molecule has 0 aliphatic carbocycles. The summed E-state index contributed by atoms with van der Waals surface area (Å²) in [6.07, 6.45) is 0.0278. The molecule has 1 heterocycles. The van der Waals surface area contributed by atoms with Crippen LogP contribution >= 0.6 is 15.8 Å². The monoisotopic (exact) mass is 1070 g/mol. The third-order valence-corrected chi connectivity index (χ3v) is 16.1. The third-order valence-electron chi connectivity index (χ3n) is 11.2. The van der Waals surface area contributed by atoms with E-state index < -0.39 is 52.2 Å². The number of nitrogens with one attached hydrogen (secondary N) is 2. The van der Waals surface area contributed by atoms with Crippen LogP contribution in [0.4, 0.5) is 0 Å². The standard InChI is InChI=1S/C31H31N2O9P.C26H28NO5P/c1-39-31(38)25-13-12-22(20-26(25)43(23-8-4-2-5-9-23)24-10-6-3-7-11-24)30(37)32-16-17-40-18-19-41-21-29(36)42-33-27(34)14-15-28(33)35;1-30-17-18-32-16-15-27-25(28)20-13-14-23(26(29)31-2)24(19-20)33(21-9-5-3-6-10-21)22-11-7-4-8-12-22/h2-13,20H,14-19,21H2,1H3,(H,32,37);3-14,19H,15-18H2,1-2H3,(H,27,28). The Morgan fingerprint density at radius 3 is 1.21 bits per heavy atom. The molecule has 6 aromatic rings. The molecule has 76 heavy (non-hydrogen) atoms. The molecule has 0 aromatic heterocycles. The third kappa shape index (κ3) is 16.8. The lowest BCUT2D eigenvalue weighted by Crippen LogP contribution is -2.33. The molecule has 0 spiro atoms. The predicted octanol–water partition coefficient (Wildman–Crippen LogP) is 4.23. The molecule has 0 unspecified atom stereocenters. The van der Waals surface area contributed by atoms with Crippen LogP contribution < -0.4 is 42.5 Å². The van der Waals surface area contributed by atoms with Gasteiger partial charge >= 0.3 is 17.9 Å². The molecule has 17 nitrogen and oxygen atoms in total. The minimum atomic E-state index is -1.17. The average molecular weight is 1070 g/mol. The fourth-order valence-electron chi connectivity index (χ4n) is 7.53. The van der Waals surface area contributed by atoms with Gasteiger partial charge < -0.3 is 43.9 Å². The summed E-state index contributed by atoms with van der Waals surface area (Å²) in [5.74, 6) is -3.45. The van der Waals surface area contributed by atoms with Gasteiger partial charge in [0.1, 0.15) is 6.61 Å². The first kappa shape index (κ1) is 57.8. The van der Waals surface area contributed by atoms with E-state index in [0.717, 1.165) is 26.5 Å². The molecule has 1 fully saturated rings. The number of methoxy groups -OCH3 is 3. The van der Waals surface area contributed by atoms with Gasteiger partial charge in [-0.05, 0) is 73.5 Å². The Balaban J connectivity index is 0.000000255. The molecule has 0 bridgehead atoms. The van der Waals surface area contributed by atoms with Crippen LogP contribution in [0, 0.1) is 0 Å². The Kier molecular flexibility index (Phi) is 23.4. The minimum absolute atomic E-state index is 0.0139. The average Bonchev–Trinajstić information content (AvgIpc) is 3.79. The molecular weight excluding hydrogens is 1010 g/mol. The summed E-state index contributed by atoms with van der Waals surface area (Å²) in [6, 6.07) is 49.7. The van der Waals surface area contributed by atoms with Crippen LogP contribution in [-0.4, -0.2) is 127 Å². The number of benzene rings is 6. The number of hydroxylamine groups is 2. The quantitative estimate of drug-likeness (QED) is 0.0356. The summed E-state index contributed by atoms with van der Waals surface area (Å²) in [5, 5.41) is 11.8. The Hall–Kier alpha value is -7.49. The van der Waals surface area contributed by atoms with Crippen molar-refractivity contribution >= 4 is 89.2 Å². The second-order valence-corrected chi connectivity index (χ2v) is 20.7. The van der Waals surface area contributed by atoms with Crippen molar-refractivity contribution in [2.45, 2.75) is 12.8 Å². The van der Waals surface area contributed by atoms with Crippen molar-refractivity contribution in [3.63, 3.8) is 0 Å². The topological polar surface area (TPSA) is 211 Å². The van der Waals surface area contributed by atoms with Crippen LogP contribution in [0.5, 0.6) is 0 Å². The smallest absolute Gasteiger partial charge is 0.358 e. The van der Waals surface area contributed by atoms with E-state index in [2.05, 4.69) is 10.6 Å². The van der Waals surface area contributed by atoms with Gasteiger partial charge in [0.2, 0.25) is 0 Å². The number of nitrogens with zero attached hydrogens (tertiary/aromatic N) is 1. The normalized spacial score (nSPS) is 11.9. The highest BCUT2D eigenvalue weighted by molar-refractivity contribution is 7.80. The Morgan fingerprint density at radius 2 is 0.842 bits per heavy atom. The van der Waals surface area contributed by atoms with Crippen molar-refractivity contribution < 1.29 is 66.8 Å². The highest BCUT2D eigenvalue weighted by atomic mass is 31.1. The van der Waals surface area contributed by atoms with Crippen molar-refractivity contribution in [1.29, 1.82) is 0 Å². The van der Waals surface area contributed by atoms with Crippen molar-refractivity contribution in [2.24, 2.45) is 0 Å². The first-order valence-corrected chi connectivity index (χ1v) is 26.8. The number of ether oxygens (including phenoxy) is 6. The maximum atomic E-state index is 13.0. The lowest BCUT2D eigenvalue weighted by atomic mass is 10.1. The van der Waals surface area contributed by atoms with Crippen LogP contribution in [-0.2, 0) is 47.6 Å². The Labute approximate surface area is 443 Å². The highest BCUT2D eigenvalue weighted by Gasteiger charge is 2.33. The molecule has 19 heteroatoms. The number of carbonyl (C=O) groups excluding carboxylic acids is 7. The van der Waals surface area contributed by atoms with E-state index in [1.165, 1.54) is 14.2 Å². The van der Waals surface area contributed by atoms with Crippen molar-refractivity contribution in [3.8, 4) is 0 Å². The van der Waals surface area contributed by atoms with E-state index in [4.69, 9.17) is 33.3 Å². The second kappa shape index (κ2) is 30.8. The van der Waals surface area contributed by atoms with Crippen LogP contribution in [0.1, 0.15) is 54.3 Å². The largest absolute Gasteiger partial charge is 0.465 e. The lowest BCUT2D eigenvalue weighted by Gasteiger charge is -2.22. The highest BCUT2D eigenvalue weighted by Crippen LogP contribution is 2.36. The molecule has 396 valence electrons. The van der Waals surface area contributed by atoms with Gasteiger partial charge in [-0.2, -0.15) is 0 Å². The number of amides is 4. The molecule has 1 saturated heterocycles.